The first kappa shape index (κ1) is 15.0. The number of nitrogens with zero attached hydrogens (tertiary/aromatic N) is 1. The van der Waals surface area contributed by atoms with Gasteiger partial charge in [-0.15, -0.1) is 0 Å². The molecule has 110 valence electrons. The molecule has 0 fully saturated rings. The second-order valence-corrected chi connectivity index (χ2v) is 5.18. The molecule has 1 aromatic rings. The third-order valence-electron chi connectivity index (χ3n) is 3.12. The Bertz CT molecular complexity index is 484. The number of fused-ring (bicyclic) bond motifs is 1. The number of hydrogen-bond acceptors (Lipinski definition) is 3. The molecular formula is C15H20ClNO3. The van der Waals surface area contributed by atoms with Crippen LogP contribution in [0.1, 0.15) is 37.0 Å². The number of carbonyl (C=O) groups is 1. The van der Waals surface area contributed by atoms with Crippen molar-refractivity contribution in [2.75, 3.05) is 26.3 Å². The number of benzene rings is 1. The van der Waals surface area contributed by atoms with Gasteiger partial charge in [0.15, 0.2) is 11.5 Å². The molecule has 1 amide bonds. The molecular weight excluding hydrogens is 278 g/mol. The first-order chi connectivity index (χ1) is 9.67. The first-order valence-electron chi connectivity index (χ1n) is 7.05. The van der Waals surface area contributed by atoms with Gasteiger partial charge in [-0.05, 0) is 25.0 Å². The molecule has 0 unspecified atom stereocenters. The van der Waals surface area contributed by atoms with Gasteiger partial charge in [-0.3, -0.25) is 4.79 Å². The Morgan fingerprint density at radius 3 is 2.50 bits per heavy atom. The molecule has 2 rings (SSSR count). The van der Waals surface area contributed by atoms with Gasteiger partial charge in [0.25, 0.3) is 5.91 Å². The summed E-state index contributed by atoms with van der Waals surface area (Å²) in [5, 5.41) is 0.429. The number of hydrogen-bond donors (Lipinski definition) is 0. The molecule has 1 heterocycles. The van der Waals surface area contributed by atoms with Gasteiger partial charge >= 0.3 is 0 Å². The summed E-state index contributed by atoms with van der Waals surface area (Å²) < 4.78 is 11.0. The van der Waals surface area contributed by atoms with Gasteiger partial charge in [-0.2, -0.15) is 0 Å². The fourth-order valence-electron chi connectivity index (χ4n) is 2.27. The number of halogens is 1. The van der Waals surface area contributed by atoms with E-state index >= 15 is 0 Å². The highest BCUT2D eigenvalue weighted by Crippen LogP contribution is 2.38. The van der Waals surface area contributed by atoms with Gasteiger partial charge < -0.3 is 14.4 Å². The molecule has 1 aliphatic rings. The van der Waals surface area contributed by atoms with Crippen molar-refractivity contribution >= 4 is 17.5 Å². The average Bonchev–Trinajstić information content (AvgIpc) is 2.46. The van der Waals surface area contributed by atoms with Crippen LogP contribution in [-0.4, -0.2) is 37.1 Å². The number of rotatable bonds is 5. The summed E-state index contributed by atoms with van der Waals surface area (Å²) in [6, 6.07) is 3.39. The number of carbonyl (C=O) groups excluding carboxylic acids is 1. The third kappa shape index (κ3) is 3.18. The summed E-state index contributed by atoms with van der Waals surface area (Å²) in [6.07, 6.45) is 1.87. The summed E-state index contributed by atoms with van der Waals surface area (Å²) in [5.41, 5.74) is 0.557. The highest BCUT2D eigenvalue weighted by atomic mass is 35.5. The zero-order valence-electron chi connectivity index (χ0n) is 11.9. The van der Waals surface area contributed by atoms with E-state index in [9.17, 15) is 4.79 Å². The fraction of sp³-hybridized carbons (Fsp3) is 0.533. The average molecular weight is 298 g/mol. The Kier molecular flexibility index (Phi) is 5.12. The van der Waals surface area contributed by atoms with Gasteiger partial charge in [-0.25, -0.2) is 0 Å². The molecule has 0 bridgehead atoms. The summed E-state index contributed by atoms with van der Waals surface area (Å²) in [4.78, 5) is 14.4. The topological polar surface area (TPSA) is 38.8 Å². The highest BCUT2D eigenvalue weighted by molar-refractivity contribution is 6.32. The number of ether oxygens (including phenoxy) is 2. The standard InChI is InChI=1S/C15H20ClNO3/c1-3-5-17(6-4-2)15(18)11-9-12(16)14-13(10-11)19-7-8-20-14/h9-10H,3-8H2,1-2H3. The van der Waals surface area contributed by atoms with Crippen LogP contribution >= 0.6 is 11.6 Å². The predicted octanol–water partition coefficient (Wildman–Crippen LogP) is 3.37. The minimum atomic E-state index is -0.00688. The Hall–Kier alpha value is -1.42. The van der Waals surface area contributed by atoms with Crippen LogP contribution < -0.4 is 9.47 Å². The molecule has 20 heavy (non-hydrogen) atoms. The lowest BCUT2D eigenvalue weighted by Gasteiger charge is -2.24. The molecule has 0 aliphatic carbocycles. The largest absolute Gasteiger partial charge is 0.486 e. The van der Waals surface area contributed by atoms with Crippen LogP contribution in [0, 0.1) is 0 Å². The summed E-state index contributed by atoms with van der Waals surface area (Å²) >= 11 is 6.17. The van der Waals surface area contributed by atoms with Crippen LogP contribution in [0.25, 0.3) is 0 Å². The Labute approximate surface area is 124 Å². The zero-order chi connectivity index (χ0) is 14.5. The molecule has 1 aromatic carbocycles. The summed E-state index contributed by atoms with van der Waals surface area (Å²) in [5.74, 6) is 1.08. The Morgan fingerprint density at radius 1 is 1.20 bits per heavy atom. The Morgan fingerprint density at radius 2 is 1.85 bits per heavy atom. The fourth-order valence-corrected chi connectivity index (χ4v) is 2.54. The van der Waals surface area contributed by atoms with E-state index in [2.05, 4.69) is 13.8 Å². The minimum Gasteiger partial charge on any atom is -0.486 e. The highest BCUT2D eigenvalue weighted by Gasteiger charge is 2.21. The van der Waals surface area contributed by atoms with Crippen molar-refractivity contribution in [2.24, 2.45) is 0 Å². The molecule has 0 spiro atoms. The number of amides is 1. The second-order valence-electron chi connectivity index (χ2n) is 4.77. The van der Waals surface area contributed by atoms with Gasteiger partial charge in [0.2, 0.25) is 0 Å². The van der Waals surface area contributed by atoms with E-state index in [4.69, 9.17) is 21.1 Å². The van der Waals surface area contributed by atoms with E-state index in [1.54, 1.807) is 12.1 Å². The minimum absolute atomic E-state index is 0.00688. The SMILES string of the molecule is CCCN(CCC)C(=O)c1cc(Cl)c2c(c1)OCCO2. The monoisotopic (exact) mass is 297 g/mol. The predicted molar refractivity (Wildman–Crippen MR) is 78.9 cm³/mol. The zero-order valence-corrected chi connectivity index (χ0v) is 12.7. The lowest BCUT2D eigenvalue weighted by atomic mass is 10.1. The van der Waals surface area contributed by atoms with Crippen LogP contribution in [0.4, 0.5) is 0 Å². The Balaban J connectivity index is 2.27. The van der Waals surface area contributed by atoms with Crippen molar-refractivity contribution in [3.05, 3.63) is 22.7 Å². The van der Waals surface area contributed by atoms with Crippen molar-refractivity contribution in [3.8, 4) is 11.5 Å². The maximum absolute atomic E-state index is 12.5. The lowest BCUT2D eigenvalue weighted by molar-refractivity contribution is 0.0754. The molecule has 1 aliphatic heterocycles. The quantitative estimate of drug-likeness (QED) is 0.836. The van der Waals surface area contributed by atoms with Crippen LogP contribution in [0.15, 0.2) is 12.1 Å². The van der Waals surface area contributed by atoms with Gasteiger partial charge in [0.05, 0.1) is 5.02 Å². The van der Waals surface area contributed by atoms with E-state index in [-0.39, 0.29) is 5.91 Å². The van der Waals surface area contributed by atoms with E-state index in [1.807, 2.05) is 4.90 Å². The van der Waals surface area contributed by atoms with Crippen molar-refractivity contribution in [2.45, 2.75) is 26.7 Å². The van der Waals surface area contributed by atoms with Crippen molar-refractivity contribution < 1.29 is 14.3 Å². The van der Waals surface area contributed by atoms with E-state index < -0.39 is 0 Å². The molecule has 4 nitrogen and oxygen atoms in total. The van der Waals surface area contributed by atoms with Crippen molar-refractivity contribution in [1.82, 2.24) is 4.90 Å². The molecule has 0 saturated carbocycles. The van der Waals surface area contributed by atoms with Gasteiger partial charge in [0, 0.05) is 18.7 Å². The first-order valence-corrected chi connectivity index (χ1v) is 7.43. The maximum atomic E-state index is 12.5. The third-order valence-corrected chi connectivity index (χ3v) is 3.40. The summed E-state index contributed by atoms with van der Waals surface area (Å²) in [7, 11) is 0. The molecule has 0 N–H and O–H groups in total. The van der Waals surface area contributed by atoms with E-state index in [1.165, 1.54) is 0 Å². The van der Waals surface area contributed by atoms with E-state index in [0.29, 0.717) is 35.3 Å². The molecule has 0 radical (unpaired) electrons. The summed E-state index contributed by atoms with van der Waals surface area (Å²) in [6.45, 7) is 6.59. The second kappa shape index (κ2) is 6.84. The van der Waals surface area contributed by atoms with Crippen molar-refractivity contribution in [3.63, 3.8) is 0 Å². The molecule has 0 atom stereocenters. The van der Waals surface area contributed by atoms with Crippen LogP contribution in [0.3, 0.4) is 0 Å². The maximum Gasteiger partial charge on any atom is 0.254 e. The molecule has 5 heteroatoms. The molecule has 0 aromatic heterocycles. The van der Waals surface area contributed by atoms with Crippen LogP contribution in [-0.2, 0) is 0 Å². The smallest absolute Gasteiger partial charge is 0.254 e. The normalized spacial score (nSPS) is 13.2. The van der Waals surface area contributed by atoms with Gasteiger partial charge in [-0.1, -0.05) is 25.4 Å². The van der Waals surface area contributed by atoms with Crippen LogP contribution in [0.5, 0.6) is 11.5 Å². The van der Waals surface area contributed by atoms with Crippen molar-refractivity contribution in [1.29, 1.82) is 0 Å². The lowest BCUT2D eigenvalue weighted by Crippen LogP contribution is -2.32. The molecule has 0 saturated heterocycles. The van der Waals surface area contributed by atoms with E-state index in [0.717, 1.165) is 25.9 Å². The van der Waals surface area contributed by atoms with Crippen LogP contribution in [0.2, 0.25) is 5.02 Å². The van der Waals surface area contributed by atoms with Gasteiger partial charge in [0.1, 0.15) is 13.2 Å².